The SMILES string of the molecule is C[C@H](N1Cc2cc(-c3ccc(Cn4cc(O)n(C)c4=O)cc3)cc(Cl)c2C1=O)C(F)(F)F. The maximum atomic E-state index is 13.1. The molecule has 0 bridgehead atoms. The highest BCUT2D eigenvalue weighted by molar-refractivity contribution is 6.34. The standard InChI is InChI=1S/C22H19ClF3N3O3/c1-12(22(24,25)26)29-10-16-7-15(8-17(23)19(16)20(29)31)14-5-3-13(4-6-14)9-28-11-18(30)27(2)21(28)32/h3-8,11-12,30H,9-10H2,1-2H3/t12-/m0/s1. The molecule has 10 heteroatoms. The summed E-state index contributed by atoms with van der Waals surface area (Å²) in [6, 6.07) is 8.53. The molecule has 0 aliphatic carbocycles. The molecule has 0 unspecified atom stereocenters. The van der Waals surface area contributed by atoms with Crippen molar-refractivity contribution in [3.63, 3.8) is 0 Å². The molecule has 3 aromatic rings. The van der Waals surface area contributed by atoms with E-state index in [1.807, 2.05) is 0 Å². The first-order valence-corrected chi connectivity index (χ1v) is 10.1. The van der Waals surface area contributed by atoms with Gasteiger partial charge in [0.1, 0.15) is 6.04 Å². The molecule has 0 fully saturated rings. The van der Waals surface area contributed by atoms with Crippen molar-refractivity contribution in [3.8, 4) is 17.0 Å². The highest BCUT2D eigenvalue weighted by Gasteiger charge is 2.45. The van der Waals surface area contributed by atoms with E-state index in [-0.39, 0.29) is 35.2 Å². The molecule has 0 saturated heterocycles. The average molecular weight is 466 g/mol. The van der Waals surface area contributed by atoms with Gasteiger partial charge in [0.05, 0.1) is 23.3 Å². The predicted octanol–water partition coefficient (Wildman–Crippen LogP) is 4.17. The van der Waals surface area contributed by atoms with Gasteiger partial charge in [-0.15, -0.1) is 0 Å². The summed E-state index contributed by atoms with van der Waals surface area (Å²) in [7, 11) is 1.47. The van der Waals surface area contributed by atoms with Crippen LogP contribution in [0, 0.1) is 0 Å². The maximum Gasteiger partial charge on any atom is 0.408 e. The number of amides is 1. The molecular weight excluding hydrogens is 447 g/mol. The van der Waals surface area contributed by atoms with Gasteiger partial charge in [0, 0.05) is 13.6 Å². The Morgan fingerprint density at radius 3 is 2.34 bits per heavy atom. The molecule has 1 N–H and O–H groups in total. The minimum absolute atomic E-state index is 0.103. The van der Waals surface area contributed by atoms with Crippen LogP contribution in [-0.2, 0) is 20.1 Å². The van der Waals surface area contributed by atoms with Crippen LogP contribution in [0.3, 0.4) is 0 Å². The average Bonchev–Trinajstić information content (AvgIpc) is 3.19. The van der Waals surface area contributed by atoms with Crippen LogP contribution in [-0.4, -0.2) is 37.3 Å². The van der Waals surface area contributed by atoms with Crippen LogP contribution in [0.1, 0.15) is 28.4 Å². The number of imidazole rings is 1. The van der Waals surface area contributed by atoms with Gasteiger partial charge in [0.25, 0.3) is 5.91 Å². The summed E-state index contributed by atoms with van der Waals surface area (Å²) in [6.45, 7) is 1.05. The zero-order valence-electron chi connectivity index (χ0n) is 17.2. The fourth-order valence-electron chi connectivity index (χ4n) is 3.77. The zero-order valence-corrected chi connectivity index (χ0v) is 17.9. The lowest BCUT2D eigenvalue weighted by Crippen LogP contribution is -2.43. The van der Waals surface area contributed by atoms with E-state index in [0.717, 1.165) is 27.5 Å². The minimum atomic E-state index is -4.53. The molecular formula is C22H19ClF3N3O3. The number of carbonyl (C=O) groups is 1. The highest BCUT2D eigenvalue weighted by atomic mass is 35.5. The second-order valence-electron chi connectivity index (χ2n) is 7.80. The Balaban J connectivity index is 1.60. The second kappa shape index (κ2) is 7.74. The van der Waals surface area contributed by atoms with Crippen LogP contribution < -0.4 is 5.69 Å². The molecule has 2 aromatic carbocycles. The quantitative estimate of drug-likeness (QED) is 0.629. The van der Waals surface area contributed by atoms with Gasteiger partial charge in [-0.1, -0.05) is 35.9 Å². The van der Waals surface area contributed by atoms with Crippen molar-refractivity contribution in [1.29, 1.82) is 0 Å². The van der Waals surface area contributed by atoms with E-state index in [1.54, 1.807) is 36.4 Å². The molecule has 1 aliphatic rings. The van der Waals surface area contributed by atoms with E-state index >= 15 is 0 Å². The fraction of sp³-hybridized carbons (Fsp3) is 0.273. The van der Waals surface area contributed by atoms with E-state index in [1.165, 1.54) is 17.8 Å². The molecule has 0 radical (unpaired) electrons. The van der Waals surface area contributed by atoms with Crippen molar-refractivity contribution in [2.75, 3.05) is 0 Å². The lowest BCUT2D eigenvalue weighted by Gasteiger charge is -2.26. The summed E-state index contributed by atoms with van der Waals surface area (Å²) in [6.07, 6.45) is -3.18. The number of hydrogen-bond acceptors (Lipinski definition) is 3. The molecule has 1 aromatic heterocycles. The van der Waals surface area contributed by atoms with Gasteiger partial charge in [-0.2, -0.15) is 13.2 Å². The zero-order chi connectivity index (χ0) is 23.4. The van der Waals surface area contributed by atoms with E-state index in [4.69, 9.17) is 11.6 Å². The van der Waals surface area contributed by atoms with Crippen LogP contribution in [0.4, 0.5) is 13.2 Å². The molecule has 2 heterocycles. The number of nitrogens with zero attached hydrogens (tertiary/aromatic N) is 3. The first-order chi connectivity index (χ1) is 15.0. The number of carbonyl (C=O) groups excluding carboxylic acids is 1. The molecule has 0 spiro atoms. The largest absolute Gasteiger partial charge is 0.493 e. The first kappa shape index (κ1) is 22.0. The van der Waals surface area contributed by atoms with Gasteiger partial charge < -0.3 is 10.0 Å². The summed E-state index contributed by atoms with van der Waals surface area (Å²) in [5, 5.41) is 9.76. The smallest absolute Gasteiger partial charge is 0.408 e. The minimum Gasteiger partial charge on any atom is -0.493 e. The molecule has 1 amide bonds. The second-order valence-corrected chi connectivity index (χ2v) is 8.20. The molecule has 1 aliphatic heterocycles. The molecule has 0 saturated carbocycles. The Kier molecular flexibility index (Phi) is 5.32. The van der Waals surface area contributed by atoms with Crippen molar-refractivity contribution in [3.05, 3.63) is 74.8 Å². The van der Waals surface area contributed by atoms with Gasteiger partial charge in [-0.3, -0.25) is 13.9 Å². The van der Waals surface area contributed by atoms with Gasteiger partial charge in [0.15, 0.2) is 0 Å². The number of hydrogen-bond donors (Lipinski definition) is 1. The molecule has 4 rings (SSSR count). The molecule has 32 heavy (non-hydrogen) atoms. The number of benzene rings is 2. The Morgan fingerprint density at radius 2 is 1.78 bits per heavy atom. The Labute approximate surface area is 186 Å². The monoisotopic (exact) mass is 465 g/mol. The summed E-state index contributed by atoms with van der Waals surface area (Å²) >= 11 is 6.28. The van der Waals surface area contributed by atoms with Crippen molar-refractivity contribution in [1.82, 2.24) is 14.0 Å². The number of rotatable bonds is 4. The topological polar surface area (TPSA) is 67.5 Å². The Morgan fingerprint density at radius 1 is 1.12 bits per heavy atom. The van der Waals surface area contributed by atoms with E-state index < -0.39 is 18.1 Å². The summed E-state index contributed by atoms with van der Waals surface area (Å²) in [5.74, 6) is -0.865. The summed E-state index contributed by atoms with van der Waals surface area (Å²) in [4.78, 5) is 25.3. The third kappa shape index (κ3) is 3.77. The van der Waals surface area contributed by atoms with Crippen LogP contribution in [0.5, 0.6) is 5.88 Å². The maximum absolute atomic E-state index is 13.1. The van der Waals surface area contributed by atoms with Crippen molar-refractivity contribution < 1.29 is 23.1 Å². The number of aromatic hydroxyl groups is 1. The third-order valence-electron chi connectivity index (χ3n) is 5.72. The lowest BCUT2D eigenvalue weighted by atomic mass is 9.99. The molecule has 6 nitrogen and oxygen atoms in total. The Bertz CT molecular complexity index is 1260. The number of halogens is 4. The third-order valence-corrected chi connectivity index (χ3v) is 6.01. The van der Waals surface area contributed by atoms with Gasteiger partial charge in [-0.25, -0.2) is 4.79 Å². The lowest BCUT2D eigenvalue weighted by molar-refractivity contribution is -0.172. The number of alkyl halides is 3. The Hall–Kier alpha value is -3.20. The van der Waals surface area contributed by atoms with Gasteiger partial charge >= 0.3 is 11.9 Å². The molecule has 168 valence electrons. The number of fused-ring (bicyclic) bond motifs is 1. The van der Waals surface area contributed by atoms with Crippen LogP contribution >= 0.6 is 11.6 Å². The summed E-state index contributed by atoms with van der Waals surface area (Å²) in [5.41, 5.74) is 2.45. The normalized spacial score (nSPS) is 14.7. The van der Waals surface area contributed by atoms with E-state index in [2.05, 4.69) is 0 Å². The van der Waals surface area contributed by atoms with Crippen molar-refractivity contribution in [2.24, 2.45) is 7.05 Å². The van der Waals surface area contributed by atoms with Crippen LogP contribution in [0.25, 0.3) is 11.1 Å². The molecule has 1 atom stereocenters. The van der Waals surface area contributed by atoms with Crippen LogP contribution in [0.2, 0.25) is 5.02 Å². The fourth-order valence-corrected chi connectivity index (χ4v) is 4.09. The first-order valence-electron chi connectivity index (χ1n) is 9.72. The van der Waals surface area contributed by atoms with Gasteiger partial charge in [0.2, 0.25) is 5.88 Å². The van der Waals surface area contributed by atoms with Crippen molar-refractivity contribution in [2.45, 2.75) is 32.2 Å². The highest BCUT2D eigenvalue weighted by Crippen LogP contribution is 2.37. The van der Waals surface area contributed by atoms with E-state index in [0.29, 0.717) is 11.1 Å². The summed E-state index contributed by atoms with van der Waals surface area (Å²) < 4.78 is 41.9. The van der Waals surface area contributed by atoms with Crippen LogP contribution in [0.15, 0.2) is 47.4 Å². The van der Waals surface area contributed by atoms with E-state index in [9.17, 15) is 27.9 Å². The predicted molar refractivity (Wildman–Crippen MR) is 113 cm³/mol. The van der Waals surface area contributed by atoms with Crippen molar-refractivity contribution >= 4 is 17.5 Å². The van der Waals surface area contributed by atoms with Gasteiger partial charge in [-0.05, 0) is 41.3 Å². The number of aromatic nitrogens is 2.